The predicted molar refractivity (Wildman–Crippen MR) is 141 cm³/mol. The van der Waals surface area contributed by atoms with E-state index in [0.717, 1.165) is 10.6 Å². The summed E-state index contributed by atoms with van der Waals surface area (Å²) in [6, 6.07) is 16.1. The van der Waals surface area contributed by atoms with Gasteiger partial charge in [0.05, 0.1) is 23.2 Å². The van der Waals surface area contributed by atoms with Crippen molar-refractivity contribution in [1.29, 1.82) is 0 Å². The van der Waals surface area contributed by atoms with Crippen molar-refractivity contribution < 1.29 is 27.1 Å². The lowest BCUT2D eigenvalue weighted by atomic mass is 10.2. The average Bonchev–Trinajstić information content (AvgIpc) is 2.84. The number of carbonyl (C=O) groups is 2. The molecule has 0 atom stereocenters. The molecule has 0 fully saturated rings. The van der Waals surface area contributed by atoms with Crippen molar-refractivity contribution in [2.45, 2.75) is 0 Å². The van der Waals surface area contributed by atoms with E-state index in [2.05, 4.69) is 15.8 Å². The maximum Gasteiger partial charge on any atom is 0.262 e. The van der Waals surface area contributed by atoms with Gasteiger partial charge in [-0.1, -0.05) is 23.2 Å². The van der Waals surface area contributed by atoms with Crippen LogP contribution in [0, 0.1) is 5.82 Å². The number of benzene rings is 3. The summed E-state index contributed by atoms with van der Waals surface area (Å²) in [5.74, 6) is -1.11. The minimum atomic E-state index is -3.85. The van der Waals surface area contributed by atoms with Gasteiger partial charge in [0.25, 0.3) is 11.8 Å². The second kappa shape index (κ2) is 12.5. The molecule has 0 bridgehead atoms. The second-order valence-corrected chi connectivity index (χ2v) is 10.3. The number of rotatable bonds is 10. The van der Waals surface area contributed by atoms with Crippen molar-refractivity contribution in [2.24, 2.45) is 5.10 Å². The van der Waals surface area contributed by atoms with Crippen molar-refractivity contribution in [3.05, 3.63) is 88.2 Å². The van der Waals surface area contributed by atoms with E-state index in [9.17, 15) is 22.4 Å². The Hall–Kier alpha value is -3.67. The summed E-state index contributed by atoms with van der Waals surface area (Å²) >= 11 is 12.0. The Morgan fingerprint density at radius 3 is 2.35 bits per heavy atom. The zero-order valence-corrected chi connectivity index (χ0v) is 21.6. The Balaban J connectivity index is 1.51. The average molecular weight is 567 g/mol. The Kier molecular flexibility index (Phi) is 9.45. The largest absolute Gasteiger partial charge is 0.484 e. The highest BCUT2D eigenvalue weighted by Crippen LogP contribution is 2.30. The van der Waals surface area contributed by atoms with Crippen molar-refractivity contribution in [2.75, 3.05) is 29.0 Å². The van der Waals surface area contributed by atoms with Gasteiger partial charge in [-0.15, -0.1) is 0 Å². The molecule has 0 saturated heterocycles. The van der Waals surface area contributed by atoms with E-state index >= 15 is 0 Å². The van der Waals surface area contributed by atoms with Crippen molar-refractivity contribution in [3.8, 4) is 5.75 Å². The third-order valence-corrected chi connectivity index (χ3v) is 6.33. The van der Waals surface area contributed by atoms with Crippen LogP contribution >= 0.6 is 23.2 Å². The number of halogens is 3. The summed E-state index contributed by atoms with van der Waals surface area (Å²) in [6.45, 7) is -0.822. The van der Waals surface area contributed by atoms with Crippen LogP contribution in [-0.4, -0.2) is 45.9 Å². The maximum atomic E-state index is 12.9. The number of nitrogens with zero attached hydrogens (tertiary/aromatic N) is 2. The molecule has 37 heavy (non-hydrogen) atoms. The van der Waals surface area contributed by atoms with E-state index in [-0.39, 0.29) is 22.3 Å². The van der Waals surface area contributed by atoms with Gasteiger partial charge in [-0.25, -0.2) is 18.2 Å². The molecule has 3 rings (SSSR count). The molecule has 13 heteroatoms. The molecule has 0 aromatic heterocycles. The number of hydrazone groups is 1. The van der Waals surface area contributed by atoms with E-state index in [4.69, 9.17) is 27.9 Å². The minimum Gasteiger partial charge on any atom is -0.484 e. The van der Waals surface area contributed by atoms with Gasteiger partial charge in [0, 0.05) is 10.7 Å². The molecule has 194 valence electrons. The van der Waals surface area contributed by atoms with E-state index in [1.54, 1.807) is 24.3 Å². The van der Waals surface area contributed by atoms with Crippen LogP contribution in [0.5, 0.6) is 5.75 Å². The van der Waals surface area contributed by atoms with Gasteiger partial charge in [0.1, 0.15) is 18.1 Å². The number of hydrogen-bond donors (Lipinski definition) is 2. The summed E-state index contributed by atoms with van der Waals surface area (Å²) in [6.07, 6.45) is 2.29. The van der Waals surface area contributed by atoms with Gasteiger partial charge < -0.3 is 10.1 Å². The van der Waals surface area contributed by atoms with Crippen molar-refractivity contribution in [3.63, 3.8) is 0 Å². The Bertz CT molecular complexity index is 1400. The molecular formula is C24H21Cl2FN4O5S. The van der Waals surface area contributed by atoms with Crippen molar-refractivity contribution >= 4 is 62.6 Å². The lowest BCUT2D eigenvalue weighted by Crippen LogP contribution is -2.39. The van der Waals surface area contributed by atoms with Gasteiger partial charge in [-0.05, 0) is 72.3 Å². The first-order chi connectivity index (χ1) is 17.5. The molecule has 0 unspecified atom stereocenters. The molecular weight excluding hydrogens is 546 g/mol. The number of hydrogen-bond acceptors (Lipinski definition) is 6. The highest BCUT2D eigenvalue weighted by atomic mass is 35.5. The molecule has 3 aromatic carbocycles. The molecule has 0 radical (unpaired) electrons. The Morgan fingerprint density at radius 2 is 1.70 bits per heavy atom. The van der Waals surface area contributed by atoms with Gasteiger partial charge in [-0.3, -0.25) is 13.9 Å². The third-order valence-electron chi connectivity index (χ3n) is 4.65. The number of anilines is 2. The van der Waals surface area contributed by atoms with E-state index in [1.165, 1.54) is 48.7 Å². The number of nitrogens with one attached hydrogen (secondary N) is 2. The molecule has 2 N–H and O–H groups in total. The quantitative estimate of drug-likeness (QED) is 0.283. The Morgan fingerprint density at radius 1 is 1.03 bits per heavy atom. The predicted octanol–water partition coefficient (Wildman–Crippen LogP) is 4.07. The SMILES string of the molecule is CS(=O)(=O)N(CC(=O)N/N=C\c1ccc(OCC(=O)Nc2ccc(F)cc2)cc1)c1cc(Cl)ccc1Cl. The lowest BCUT2D eigenvalue weighted by Gasteiger charge is -2.22. The van der Waals surface area contributed by atoms with E-state index in [1.807, 2.05) is 0 Å². The monoisotopic (exact) mass is 566 g/mol. The number of ether oxygens (including phenoxy) is 1. The molecule has 0 aliphatic rings. The fourth-order valence-corrected chi connectivity index (χ4v) is 4.23. The van der Waals surface area contributed by atoms with Crippen LogP contribution in [0.2, 0.25) is 10.0 Å². The van der Waals surface area contributed by atoms with Crippen LogP contribution in [0.4, 0.5) is 15.8 Å². The van der Waals surface area contributed by atoms with Crippen LogP contribution in [0.1, 0.15) is 5.56 Å². The zero-order valence-electron chi connectivity index (χ0n) is 19.3. The van der Waals surface area contributed by atoms with Gasteiger partial charge in [0.15, 0.2) is 6.61 Å². The van der Waals surface area contributed by atoms with Crippen LogP contribution in [0.25, 0.3) is 0 Å². The fourth-order valence-electron chi connectivity index (χ4n) is 2.93. The summed E-state index contributed by atoms with van der Waals surface area (Å²) in [4.78, 5) is 24.3. The number of amides is 2. The molecule has 2 amide bonds. The lowest BCUT2D eigenvalue weighted by molar-refractivity contribution is -0.119. The molecule has 0 saturated carbocycles. The van der Waals surface area contributed by atoms with Crippen LogP contribution in [0.15, 0.2) is 71.8 Å². The standard InChI is InChI=1S/C24H21Cl2FN4O5S/c1-37(34,35)31(22-12-17(25)4-11-21(22)26)14-23(32)30-28-13-16-2-9-20(10-3-16)36-15-24(33)29-19-7-5-18(27)6-8-19/h2-13H,14-15H2,1H3,(H,29,33)(H,30,32)/b28-13-. The molecule has 0 spiro atoms. The highest BCUT2D eigenvalue weighted by Gasteiger charge is 2.23. The first-order valence-corrected chi connectivity index (χ1v) is 13.1. The first kappa shape index (κ1) is 27.9. The number of carbonyl (C=O) groups excluding carboxylic acids is 2. The van der Waals surface area contributed by atoms with Crippen LogP contribution in [-0.2, 0) is 19.6 Å². The smallest absolute Gasteiger partial charge is 0.262 e. The van der Waals surface area contributed by atoms with Crippen LogP contribution < -0.4 is 19.8 Å². The van der Waals surface area contributed by atoms with Gasteiger partial charge >= 0.3 is 0 Å². The summed E-state index contributed by atoms with van der Waals surface area (Å²) in [7, 11) is -3.85. The van der Waals surface area contributed by atoms with Crippen LogP contribution in [0.3, 0.4) is 0 Å². The normalized spacial score (nSPS) is 11.2. The van der Waals surface area contributed by atoms with Gasteiger partial charge in [-0.2, -0.15) is 5.10 Å². The maximum absolute atomic E-state index is 12.9. The fraction of sp³-hybridized carbons (Fsp3) is 0.125. The first-order valence-electron chi connectivity index (χ1n) is 10.5. The van der Waals surface area contributed by atoms with E-state index in [0.29, 0.717) is 17.0 Å². The molecule has 3 aromatic rings. The number of sulfonamides is 1. The summed E-state index contributed by atoms with van der Waals surface area (Å²) in [5, 5.41) is 6.78. The molecule has 0 aliphatic carbocycles. The zero-order chi connectivity index (χ0) is 27.0. The van der Waals surface area contributed by atoms with Crippen molar-refractivity contribution in [1.82, 2.24) is 5.43 Å². The molecule has 0 aliphatic heterocycles. The molecule has 9 nitrogen and oxygen atoms in total. The van der Waals surface area contributed by atoms with E-state index < -0.39 is 34.2 Å². The minimum absolute atomic E-state index is 0.0673. The highest BCUT2D eigenvalue weighted by molar-refractivity contribution is 7.92. The molecule has 0 heterocycles. The summed E-state index contributed by atoms with van der Waals surface area (Å²) < 4.78 is 43.6. The third kappa shape index (κ3) is 8.74. The summed E-state index contributed by atoms with van der Waals surface area (Å²) in [5.41, 5.74) is 3.37. The second-order valence-electron chi connectivity index (χ2n) is 7.57. The Labute approximate surface area is 222 Å². The van der Waals surface area contributed by atoms with Gasteiger partial charge in [0.2, 0.25) is 10.0 Å². The topological polar surface area (TPSA) is 117 Å².